The Hall–Kier alpha value is -3.28. The lowest BCUT2D eigenvalue weighted by molar-refractivity contribution is -0.385. The summed E-state index contributed by atoms with van der Waals surface area (Å²) in [5.41, 5.74) is 0.354. The number of nitro groups is 1. The van der Waals surface area contributed by atoms with Gasteiger partial charge in [-0.05, 0) is 47.1 Å². The van der Waals surface area contributed by atoms with Gasteiger partial charge in [0.15, 0.2) is 0 Å². The molecule has 31 heavy (non-hydrogen) atoms. The molecule has 0 aliphatic rings. The lowest BCUT2D eigenvalue weighted by atomic mass is 10.1. The van der Waals surface area contributed by atoms with E-state index in [0.29, 0.717) is 5.56 Å². The van der Waals surface area contributed by atoms with E-state index in [-0.39, 0.29) is 33.4 Å². The Morgan fingerprint density at radius 3 is 2.42 bits per heavy atom. The number of aryl methyl sites for hydroxylation is 1. The number of rotatable bonds is 8. The van der Waals surface area contributed by atoms with Crippen molar-refractivity contribution in [3.63, 3.8) is 0 Å². The molecule has 2 rings (SSSR count). The monoisotopic (exact) mass is 452 g/mol. The van der Waals surface area contributed by atoms with E-state index in [1.807, 2.05) is 0 Å². The van der Waals surface area contributed by atoms with Gasteiger partial charge < -0.3 is 14.8 Å². The highest BCUT2D eigenvalue weighted by molar-refractivity contribution is 7.18. The number of hydrogen-bond acceptors (Lipinski definition) is 9. The van der Waals surface area contributed by atoms with E-state index < -0.39 is 34.9 Å². The summed E-state index contributed by atoms with van der Waals surface area (Å²) in [5, 5.41) is 17.8. The van der Waals surface area contributed by atoms with Gasteiger partial charge in [-0.25, -0.2) is 9.59 Å². The van der Waals surface area contributed by atoms with Crippen LogP contribution in [0.2, 0.25) is 0 Å². The predicted molar refractivity (Wildman–Crippen MR) is 113 cm³/mol. The fourth-order valence-electron chi connectivity index (χ4n) is 2.70. The zero-order valence-corrected chi connectivity index (χ0v) is 18.9. The molecule has 1 atom stereocenters. The van der Waals surface area contributed by atoms with Crippen molar-refractivity contribution in [1.29, 1.82) is 0 Å². The van der Waals surface area contributed by atoms with E-state index in [4.69, 9.17) is 9.47 Å². The van der Waals surface area contributed by atoms with E-state index in [9.17, 15) is 24.5 Å². The number of nitrogens with one attached hydrogen (secondary N) is 1. The number of thiophene rings is 1. The van der Waals surface area contributed by atoms with Gasteiger partial charge in [0.25, 0.3) is 0 Å². The molecule has 0 spiro atoms. The minimum absolute atomic E-state index is 0.0601. The van der Waals surface area contributed by atoms with Crippen LogP contribution in [0.25, 0.3) is 0 Å². The number of carbonyl (C=O) groups is 3. The fourth-order valence-corrected chi connectivity index (χ4v) is 3.79. The number of esters is 2. The molecule has 2 aromatic heterocycles. The Balaban J connectivity index is 2.39. The number of carbonyl (C=O) groups excluding carboxylic acids is 3. The van der Waals surface area contributed by atoms with E-state index in [1.54, 1.807) is 27.7 Å². The third-order valence-corrected chi connectivity index (χ3v) is 5.44. The van der Waals surface area contributed by atoms with Gasteiger partial charge in [-0.15, -0.1) is 11.3 Å². The van der Waals surface area contributed by atoms with Gasteiger partial charge in [0.05, 0.1) is 23.2 Å². The molecule has 0 bridgehead atoms. The summed E-state index contributed by atoms with van der Waals surface area (Å²) in [6, 6.07) is -0.921. The lowest BCUT2D eigenvalue weighted by Gasteiger charge is -2.13. The highest BCUT2D eigenvalue weighted by Crippen LogP contribution is 2.35. The molecule has 11 nitrogen and oxygen atoms in total. The van der Waals surface area contributed by atoms with E-state index in [1.165, 1.54) is 18.5 Å². The summed E-state index contributed by atoms with van der Waals surface area (Å²) in [5.74, 6) is -1.88. The highest BCUT2D eigenvalue weighted by Gasteiger charge is 2.29. The van der Waals surface area contributed by atoms with Crippen LogP contribution in [0.1, 0.15) is 65.0 Å². The van der Waals surface area contributed by atoms with Crippen molar-refractivity contribution in [3.8, 4) is 0 Å². The van der Waals surface area contributed by atoms with Gasteiger partial charge in [-0.2, -0.15) is 5.10 Å². The maximum absolute atomic E-state index is 12.8. The molecular formula is C19H24N4O7S. The Morgan fingerprint density at radius 1 is 1.26 bits per heavy atom. The van der Waals surface area contributed by atoms with Crippen LogP contribution < -0.4 is 5.32 Å². The van der Waals surface area contributed by atoms with Crippen molar-refractivity contribution in [3.05, 3.63) is 38.0 Å². The number of anilines is 1. The van der Waals surface area contributed by atoms with Crippen LogP contribution in [-0.2, 0) is 14.3 Å². The fraction of sp³-hybridized carbons (Fsp3) is 0.474. The SMILES string of the molecule is CCOC(=O)c1sc(NC(=O)C(C)n2cc([N+](=O)[O-])c(C)n2)c(C(=O)OC(C)C)c1C. The Kier molecular flexibility index (Phi) is 7.50. The number of aromatic nitrogens is 2. The molecule has 0 aliphatic carbocycles. The highest BCUT2D eigenvalue weighted by atomic mass is 32.1. The number of hydrogen-bond donors (Lipinski definition) is 1. The molecule has 0 aliphatic heterocycles. The molecule has 1 N–H and O–H groups in total. The summed E-state index contributed by atoms with van der Waals surface area (Å²) >= 11 is 0.899. The molecule has 1 unspecified atom stereocenters. The summed E-state index contributed by atoms with van der Waals surface area (Å²) in [4.78, 5) is 48.3. The van der Waals surface area contributed by atoms with Gasteiger partial charge in [-0.1, -0.05) is 0 Å². The Morgan fingerprint density at radius 2 is 1.90 bits per heavy atom. The number of ether oxygens (including phenoxy) is 2. The summed E-state index contributed by atoms with van der Waals surface area (Å²) < 4.78 is 11.4. The molecule has 0 fully saturated rings. The minimum atomic E-state index is -0.921. The molecule has 0 radical (unpaired) electrons. The van der Waals surface area contributed by atoms with Crippen molar-refractivity contribution < 1.29 is 28.8 Å². The topological polar surface area (TPSA) is 143 Å². The second-order valence-corrected chi connectivity index (χ2v) is 7.96. The van der Waals surface area contributed by atoms with Gasteiger partial charge in [-0.3, -0.25) is 19.6 Å². The molecule has 2 heterocycles. The summed E-state index contributed by atoms with van der Waals surface area (Å²) in [7, 11) is 0. The van der Waals surface area contributed by atoms with Crippen LogP contribution in [0, 0.1) is 24.0 Å². The number of amides is 1. The molecule has 0 aromatic carbocycles. The van der Waals surface area contributed by atoms with Crippen molar-refractivity contribution >= 4 is 39.9 Å². The van der Waals surface area contributed by atoms with Crippen molar-refractivity contribution in [2.24, 2.45) is 0 Å². The maximum Gasteiger partial charge on any atom is 0.348 e. The van der Waals surface area contributed by atoms with Crippen molar-refractivity contribution in [2.45, 2.75) is 53.7 Å². The third kappa shape index (κ3) is 5.26. The van der Waals surface area contributed by atoms with Crippen LogP contribution >= 0.6 is 11.3 Å². The molecular weight excluding hydrogens is 428 g/mol. The summed E-state index contributed by atoms with van der Waals surface area (Å²) in [6.07, 6.45) is 0.755. The third-order valence-electron chi connectivity index (χ3n) is 4.25. The molecule has 0 saturated heterocycles. The Labute approximate surface area is 182 Å². The predicted octanol–water partition coefficient (Wildman–Crippen LogP) is 3.41. The van der Waals surface area contributed by atoms with Gasteiger partial charge in [0.1, 0.15) is 27.8 Å². The van der Waals surface area contributed by atoms with Gasteiger partial charge in [0.2, 0.25) is 5.91 Å². The second-order valence-electron chi connectivity index (χ2n) is 6.94. The first kappa shape index (κ1) is 24.0. The molecule has 2 aromatic rings. The molecule has 12 heteroatoms. The van der Waals surface area contributed by atoms with Crippen LogP contribution in [0.5, 0.6) is 0 Å². The van der Waals surface area contributed by atoms with Crippen molar-refractivity contribution in [1.82, 2.24) is 9.78 Å². The van der Waals surface area contributed by atoms with Gasteiger partial charge in [0, 0.05) is 0 Å². The minimum Gasteiger partial charge on any atom is -0.462 e. The van der Waals surface area contributed by atoms with Crippen LogP contribution in [-0.4, -0.2) is 45.3 Å². The van der Waals surface area contributed by atoms with Crippen LogP contribution in [0.4, 0.5) is 10.7 Å². The molecule has 0 saturated carbocycles. The first-order valence-electron chi connectivity index (χ1n) is 9.50. The second kappa shape index (κ2) is 9.69. The molecule has 1 amide bonds. The lowest BCUT2D eigenvalue weighted by Crippen LogP contribution is -2.25. The van der Waals surface area contributed by atoms with E-state index >= 15 is 0 Å². The van der Waals surface area contributed by atoms with Crippen LogP contribution in [0.15, 0.2) is 6.20 Å². The number of nitrogens with zero attached hydrogens (tertiary/aromatic N) is 3. The molecule has 168 valence electrons. The Bertz CT molecular complexity index is 1020. The normalized spacial score (nSPS) is 11.8. The summed E-state index contributed by atoms with van der Waals surface area (Å²) in [6.45, 7) is 9.71. The zero-order valence-electron chi connectivity index (χ0n) is 18.0. The largest absolute Gasteiger partial charge is 0.462 e. The van der Waals surface area contributed by atoms with E-state index in [0.717, 1.165) is 17.5 Å². The zero-order chi connectivity index (χ0) is 23.5. The van der Waals surface area contributed by atoms with Gasteiger partial charge >= 0.3 is 17.6 Å². The van der Waals surface area contributed by atoms with E-state index in [2.05, 4.69) is 10.4 Å². The van der Waals surface area contributed by atoms with Crippen molar-refractivity contribution in [2.75, 3.05) is 11.9 Å². The quantitative estimate of drug-likeness (QED) is 0.365. The first-order valence-corrected chi connectivity index (χ1v) is 10.3. The average Bonchev–Trinajstić information content (AvgIpc) is 3.21. The maximum atomic E-state index is 12.8. The first-order chi connectivity index (χ1) is 14.5. The average molecular weight is 452 g/mol. The smallest absolute Gasteiger partial charge is 0.348 e. The van der Waals surface area contributed by atoms with Crippen LogP contribution in [0.3, 0.4) is 0 Å². The standard InChI is InChI=1S/C19H24N4O7S/c1-7-29-19(26)15-10(4)14(18(25)30-9(2)3)17(31-15)20-16(24)12(6)22-8-13(23(27)28)11(5)21-22/h8-9,12H,7H2,1-6H3,(H,20,24).